The van der Waals surface area contributed by atoms with Crippen LogP contribution in [0.5, 0.6) is 0 Å². The standard InChI is InChI=1S/C23H24F3N3O2S/c1-5-28-21-15(4)20(23(24,25)26)13-12-18(21)19(14-27)22(28)16-8-10-17(11-9-16)29(6-2)32(30,31)7-3/h8-13H,5-7H2,1-4H3. The number of sulfonamides is 1. The average Bonchev–Trinajstić information content (AvgIpc) is 3.08. The van der Waals surface area contributed by atoms with Crippen LogP contribution in [0.15, 0.2) is 36.4 Å². The summed E-state index contributed by atoms with van der Waals surface area (Å²) in [4.78, 5) is 0. The highest BCUT2D eigenvalue weighted by atomic mass is 32.2. The van der Waals surface area contributed by atoms with Crippen LogP contribution in [-0.2, 0) is 22.7 Å². The first-order valence-corrected chi connectivity index (χ1v) is 11.9. The van der Waals surface area contributed by atoms with Crippen molar-refractivity contribution in [1.29, 1.82) is 5.26 Å². The summed E-state index contributed by atoms with van der Waals surface area (Å²) < 4.78 is 68.1. The molecule has 5 nitrogen and oxygen atoms in total. The summed E-state index contributed by atoms with van der Waals surface area (Å²) in [7, 11) is -3.44. The van der Waals surface area contributed by atoms with Gasteiger partial charge in [0, 0.05) is 18.5 Å². The van der Waals surface area contributed by atoms with E-state index in [0.717, 1.165) is 6.07 Å². The lowest BCUT2D eigenvalue weighted by Crippen LogP contribution is -2.31. The molecule has 0 atom stereocenters. The Labute approximate surface area is 185 Å². The zero-order chi connectivity index (χ0) is 23.8. The van der Waals surface area contributed by atoms with Crippen molar-refractivity contribution >= 4 is 26.6 Å². The smallest absolute Gasteiger partial charge is 0.339 e. The van der Waals surface area contributed by atoms with Gasteiger partial charge >= 0.3 is 6.18 Å². The molecule has 0 spiro atoms. The van der Waals surface area contributed by atoms with E-state index >= 15 is 0 Å². The second-order valence-electron chi connectivity index (χ2n) is 7.32. The molecule has 0 bridgehead atoms. The van der Waals surface area contributed by atoms with Gasteiger partial charge in [-0.3, -0.25) is 4.31 Å². The monoisotopic (exact) mass is 463 g/mol. The summed E-state index contributed by atoms with van der Waals surface area (Å²) in [6, 6.07) is 11.2. The van der Waals surface area contributed by atoms with E-state index in [1.807, 2.05) is 6.92 Å². The fraction of sp³-hybridized carbons (Fsp3) is 0.348. The van der Waals surface area contributed by atoms with Crippen LogP contribution >= 0.6 is 0 Å². The maximum Gasteiger partial charge on any atom is 0.416 e. The van der Waals surface area contributed by atoms with E-state index < -0.39 is 21.8 Å². The number of benzene rings is 2. The minimum Gasteiger partial charge on any atom is -0.339 e. The van der Waals surface area contributed by atoms with Gasteiger partial charge in [-0.15, -0.1) is 0 Å². The van der Waals surface area contributed by atoms with E-state index in [0.29, 0.717) is 40.0 Å². The Bertz CT molecular complexity index is 1300. The van der Waals surface area contributed by atoms with Crippen molar-refractivity contribution in [3.63, 3.8) is 0 Å². The molecule has 0 N–H and O–H groups in total. The van der Waals surface area contributed by atoms with Gasteiger partial charge in [0.1, 0.15) is 6.07 Å². The third-order valence-electron chi connectivity index (χ3n) is 5.63. The molecule has 2 aromatic carbocycles. The lowest BCUT2D eigenvalue weighted by Gasteiger charge is -2.22. The molecule has 9 heteroatoms. The number of hydrogen-bond acceptors (Lipinski definition) is 3. The van der Waals surface area contributed by atoms with Crippen molar-refractivity contribution < 1.29 is 21.6 Å². The molecule has 1 aromatic heterocycles. The van der Waals surface area contributed by atoms with Crippen molar-refractivity contribution in [2.24, 2.45) is 0 Å². The minimum atomic E-state index is -4.50. The predicted molar refractivity (Wildman–Crippen MR) is 120 cm³/mol. The molecule has 1 heterocycles. The summed E-state index contributed by atoms with van der Waals surface area (Å²) in [5.41, 5.74) is 1.64. The number of anilines is 1. The first kappa shape index (κ1) is 23.7. The van der Waals surface area contributed by atoms with Crippen molar-refractivity contribution in [3.8, 4) is 17.3 Å². The fourth-order valence-corrected chi connectivity index (χ4v) is 5.29. The number of nitrogens with zero attached hydrogens (tertiary/aromatic N) is 3. The molecular weight excluding hydrogens is 439 g/mol. The second-order valence-corrected chi connectivity index (χ2v) is 9.51. The van der Waals surface area contributed by atoms with E-state index in [2.05, 4.69) is 6.07 Å². The van der Waals surface area contributed by atoms with Gasteiger partial charge in [-0.25, -0.2) is 8.42 Å². The largest absolute Gasteiger partial charge is 0.416 e. The lowest BCUT2D eigenvalue weighted by molar-refractivity contribution is -0.137. The van der Waals surface area contributed by atoms with Gasteiger partial charge < -0.3 is 4.57 Å². The van der Waals surface area contributed by atoms with Crippen LogP contribution in [0.4, 0.5) is 18.9 Å². The zero-order valence-corrected chi connectivity index (χ0v) is 19.1. The molecule has 0 fully saturated rings. The first-order chi connectivity index (χ1) is 15.0. The topological polar surface area (TPSA) is 66.1 Å². The molecule has 3 aromatic rings. The fourth-order valence-electron chi connectivity index (χ4n) is 4.14. The average molecular weight is 464 g/mol. The van der Waals surface area contributed by atoms with E-state index in [4.69, 9.17) is 0 Å². The van der Waals surface area contributed by atoms with Gasteiger partial charge in [0.15, 0.2) is 0 Å². The van der Waals surface area contributed by atoms with Crippen LogP contribution in [0.25, 0.3) is 22.2 Å². The quantitative estimate of drug-likeness (QED) is 0.471. The van der Waals surface area contributed by atoms with Crippen LogP contribution in [0, 0.1) is 18.3 Å². The van der Waals surface area contributed by atoms with E-state index in [9.17, 15) is 26.9 Å². The number of alkyl halides is 3. The Hall–Kier alpha value is -2.99. The van der Waals surface area contributed by atoms with E-state index in [1.165, 1.54) is 17.3 Å². The summed E-state index contributed by atoms with van der Waals surface area (Å²) in [5.74, 6) is -0.0357. The number of fused-ring (bicyclic) bond motifs is 1. The first-order valence-electron chi connectivity index (χ1n) is 10.3. The number of rotatable bonds is 6. The Morgan fingerprint density at radius 2 is 1.69 bits per heavy atom. The molecular formula is C23H24F3N3O2S. The Morgan fingerprint density at radius 3 is 2.16 bits per heavy atom. The minimum absolute atomic E-state index is 0.0357. The molecule has 0 radical (unpaired) electrons. The van der Waals surface area contributed by atoms with Gasteiger partial charge in [0.05, 0.1) is 33.8 Å². The third kappa shape index (κ3) is 3.84. The summed E-state index contributed by atoms with van der Waals surface area (Å²) in [5, 5.41) is 10.3. The van der Waals surface area contributed by atoms with Crippen molar-refractivity contribution in [2.45, 2.75) is 40.4 Å². The highest BCUT2D eigenvalue weighted by Gasteiger charge is 2.34. The SMILES string of the molecule is CCN(c1ccc(-c2c(C#N)c3ccc(C(F)(F)F)c(C)c3n2CC)cc1)S(=O)(=O)CC. The Balaban J connectivity index is 2.25. The van der Waals surface area contributed by atoms with Crippen LogP contribution in [-0.4, -0.2) is 25.3 Å². The molecule has 3 rings (SSSR count). The van der Waals surface area contributed by atoms with Crippen molar-refractivity contribution in [2.75, 3.05) is 16.6 Å². The zero-order valence-electron chi connectivity index (χ0n) is 18.3. The molecule has 0 aliphatic carbocycles. The van der Waals surface area contributed by atoms with Gasteiger partial charge in [-0.2, -0.15) is 18.4 Å². The normalized spacial score (nSPS) is 12.2. The van der Waals surface area contributed by atoms with E-state index in [-0.39, 0.29) is 17.9 Å². The van der Waals surface area contributed by atoms with Crippen molar-refractivity contribution in [3.05, 3.63) is 53.1 Å². The highest BCUT2D eigenvalue weighted by Crippen LogP contribution is 2.40. The molecule has 0 unspecified atom stereocenters. The summed E-state index contributed by atoms with van der Waals surface area (Å²) in [6.07, 6.45) is -4.50. The second kappa shape index (κ2) is 8.51. The maximum atomic E-state index is 13.5. The number of nitriles is 1. The van der Waals surface area contributed by atoms with E-state index in [1.54, 1.807) is 42.7 Å². The van der Waals surface area contributed by atoms with Gasteiger partial charge in [0.25, 0.3) is 0 Å². The third-order valence-corrected chi connectivity index (χ3v) is 7.50. The van der Waals surface area contributed by atoms with Crippen LogP contribution in [0.3, 0.4) is 0 Å². The molecule has 32 heavy (non-hydrogen) atoms. The molecule has 0 saturated heterocycles. The van der Waals surface area contributed by atoms with Crippen LogP contribution in [0.1, 0.15) is 37.5 Å². The Kier molecular flexibility index (Phi) is 6.29. The number of aromatic nitrogens is 1. The molecule has 0 aliphatic heterocycles. The van der Waals surface area contributed by atoms with Crippen LogP contribution in [0.2, 0.25) is 0 Å². The number of hydrogen-bond donors (Lipinski definition) is 0. The lowest BCUT2D eigenvalue weighted by atomic mass is 10.0. The van der Waals surface area contributed by atoms with Gasteiger partial charge in [-0.1, -0.05) is 18.2 Å². The molecule has 170 valence electrons. The van der Waals surface area contributed by atoms with Gasteiger partial charge in [0.2, 0.25) is 10.0 Å². The predicted octanol–water partition coefficient (Wildman–Crippen LogP) is 5.70. The number of halogens is 3. The van der Waals surface area contributed by atoms with Crippen LogP contribution < -0.4 is 4.31 Å². The molecule has 0 saturated carbocycles. The van der Waals surface area contributed by atoms with Gasteiger partial charge in [-0.05, 0) is 57.0 Å². The number of aryl methyl sites for hydroxylation is 2. The highest BCUT2D eigenvalue weighted by molar-refractivity contribution is 7.92. The Morgan fingerprint density at radius 1 is 1.06 bits per heavy atom. The summed E-state index contributed by atoms with van der Waals surface area (Å²) >= 11 is 0. The molecule has 0 amide bonds. The maximum absolute atomic E-state index is 13.5. The summed E-state index contributed by atoms with van der Waals surface area (Å²) in [6.45, 7) is 7.18. The molecule has 0 aliphatic rings. The van der Waals surface area contributed by atoms with Crippen molar-refractivity contribution in [1.82, 2.24) is 4.57 Å².